The highest BCUT2D eigenvalue weighted by atomic mass is 19.4. The smallest absolute Gasteiger partial charge is 0.250 e. The maximum atomic E-state index is 11.9. The predicted molar refractivity (Wildman–Crippen MR) is 30.6 cm³/mol. The molecule has 0 aliphatic carbocycles. The molecule has 0 amide bonds. The Labute approximate surface area is 61.1 Å². The quantitative estimate of drug-likeness (QED) is 0.577. The summed E-state index contributed by atoms with van der Waals surface area (Å²) in [5.74, 6) is 0. The van der Waals surface area contributed by atoms with Crippen LogP contribution in [0.1, 0.15) is 11.4 Å². The van der Waals surface area contributed by atoms with Crippen LogP contribution in [-0.2, 0) is 6.18 Å². The van der Waals surface area contributed by atoms with Gasteiger partial charge in [-0.05, 0) is 6.92 Å². The molecule has 59 valence electrons. The third-order valence-corrected chi connectivity index (χ3v) is 0.992. The van der Waals surface area contributed by atoms with E-state index >= 15 is 0 Å². The number of halogens is 3. The molecule has 1 aromatic heterocycles. The Morgan fingerprint density at radius 2 is 2.09 bits per heavy atom. The molecule has 1 rings (SSSR count). The maximum absolute atomic E-state index is 11.9. The highest BCUT2D eigenvalue weighted by molar-refractivity contribution is 5.03. The van der Waals surface area contributed by atoms with E-state index < -0.39 is 11.9 Å². The third kappa shape index (κ3) is 1.89. The van der Waals surface area contributed by atoms with Crippen LogP contribution in [0, 0.1) is 13.1 Å². The number of alkyl halides is 3. The van der Waals surface area contributed by atoms with E-state index in [0.717, 1.165) is 0 Å². The summed E-state index contributed by atoms with van der Waals surface area (Å²) in [6.45, 7) is 1.40. The number of hydrogen-bond acceptors (Lipinski definition) is 2. The first-order valence-electron chi connectivity index (χ1n) is 2.78. The molecule has 0 saturated carbocycles. The van der Waals surface area contributed by atoms with Crippen LogP contribution in [0.25, 0.3) is 0 Å². The van der Waals surface area contributed by atoms with Gasteiger partial charge >= 0.3 is 6.18 Å². The van der Waals surface area contributed by atoms with Crippen molar-refractivity contribution in [1.29, 1.82) is 0 Å². The van der Waals surface area contributed by atoms with E-state index in [1.807, 2.05) is 0 Å². The lowest BCUT2D eigenvalue weighted by Gasteiger charge is -2.03. The van der Waals surface area contributed by atoms with Gasteiger partial charge in [0.1, 0.15) is 6.20 Å². The Bertz CT molecular complexity index is 256. The molecule has 0 aromatic carbocycles. The molecule has 0 spiro atoms. The fourth-order valence-electron chi connectivity index (χ4n) is 0.558. The molecule has 0 aliphatic rings. The van der Waals surface area contributed by atoms with Crippen molar-refractivity contribution in [1.82, 2.24) is 9.97 Å². The second-order valence-electron chi connectivity index (χ2n) is 1.95. The van der Waals surface area contributed by atoms with Gasteiger partial charge in [0.25, 0.3) is 0 Å². The zero-order chi connectivity index (χ0) is 8.48. The minimum atomic E-state index is -4.41. The van der Waals surface area contributed by atoms with Crippen molar-refractivity contribution >= 4 is 0 Å². The van der Waals surface area contributed by atoms with Crippen LogP contribution in [0.3, 0.4) is 0 Å². The number of rotatable bonds is 0. The van der Waals surface area contributed by atoms with Crippen molar-refractivity contribution in [3.05, 3.63) is 23.8 Å². The minimum Gasteiger partial charge on any atom is -0.250 e. The Morgan fingerprint density at radius 3 is 2.45 bits per heavy atom. The first kappa shape index (κ1) is 7.97. The molecule has 0 bridgehead atoms. The second kappa shape index (κ2) is 2.48. The van der Waals surface area contributed by atoms with Gasteiger partial charge in [-0.1, -0.05) is 0 Å². The van der Waals surface area contributed by atoms with E-state index in [9.17, 15) is 13.2 Å². The molecule has 0 saturated heterocycles. The average Bonchev–Trinajstić information content (AvgIpc) is 1.86. The van der Waals surface area contributed by atoms with Crippen molar-refractivity contribution in [3.63, 3.8) is 0 Å². The summed E-state index contributed by atoms with van der Waals surface area (Å²) in [4.78, 5) is 6.44. The number of aromatic nitrogens is 2. The Balaban J connectivity index is 3.06. The summed E-state index contributed by atoms with van der Waals surface area (Å²) in [5.41, 5.74) is -0.839. The van der Waals surface area contributed by atoms with Crippen LogP contribution >= 0.6 is 0 Å². The first-order chi connectivity index (χ1) is 5.00. The standard InChI is InChI=1S/C6H4F3N2/c1-4-2-10-3-5(11-4)6(7,8)9/h3H,1H3. The zero-order valence-electron chi connectivity index (χ0n) is 5.61. The summed E-state index contributed by atoms with van der Waals surface area (Å²) >= 11 is 0. The van der Waals surface area contributed by atoms with Crippen molar-refractivity contribution < 1.29 is 13.2 Å². The molecule has 0 unspecified atom stereocenters. The summed E-state index contributed by atoms with van der Waals surface area (Å²) in [7, 11) is 0. The molecular formula is C6H4F3N2. The maximum Gasteiger partial charge on any atom is 0.434 e. The van der Waals surface area contributed by atoms with Crippen LogP contribution in [0.15, 0.2) is 6.20 Å². The summed E-state index contributed by atoms with van der Waals surface area (Å²) in [5, 5.41) is 0. The third-order valence-electron chi connectivity index (χ3n) is 0.992. The molecule has 0 N–H and O–H groups in total. The SMILES string of the molecule is Cc1[c]ncc(C(F)(F)F)n1. The molecule has 5 heteroatoms. The molecule has 0 atom stereocenters. The van der Waals surface area contributed by atoms with Gasteiger partial charge in [0, 0.05) is 0 Å². The summed E-state index contributed by atoms with van der Waals surface area (Å²) < 4.78 is 35.6. The molecule has 2 nitrogen and oxygen atoms in total. The van der Waals surface area contributed by atoms with Crippen LogP contribution in [0.5, 0.6) is 0 Å². The van der Waals surface area contributed by atoms with Gasteiger partial charge in [-0.3, -0.25) is 4.98 Å². The zero-order valence-corrected chi connectivity index (χ0v) is 5.61. The lowest BCUT2D eigenvalue weighted by atomic mass is 10.4. The van der Waals surface area contributed by atoms with Crippen LogP contribution in [0.4, 0.5) is 13.2 Å². The Morgan fingerprint density at radius 1 is 1.45 bits per heavy atom. The van der Waals surface area contributed by atoms with Gasteiger partial charge in [-0.15, -0.1) is 0 Å². The normalized spacial score (nSPS) is 11.6. The first-order valence-corrected chi connectivity index (χ1v) is 2.78. The van der Waals surface area contributed by atoms with Gasteiger partial charge in [0.2, 0.25) is 0 Å². The minimum absolute atomic E-state index is 0.139. The van der Waals surface area contributed by atoms with Crippen LogP contribution in [0.2, 0.25) is 0 Å². The molecule has 0 fully saturated rings. The molecule has 11 heavy (non-hydrogen) atoms. The number of aryl methyl sites for hydroxylation is 1. The topological polar surface area (TPSA) is 25.8 Å². The summed E-state index contributed by atoms with van der Waals surface area (Å²) in [6, 6.07) is 0. The summed E-state index contributed by atoms with van der Waals surface area (Å²) in [6.07, 6.45) is -1.48. The van der Waals surface area contributed by atoms with E-state index in [-0.39, 0.29) is 5.69 Å². The Kier molecular flexibility index (Phi) is 1.80. The second-order valence-corrected chi connectivity index (χ2v) is 1.95. The number of hydrogen-bond donors (Lipinski definition) is 0. The molecule has 1 aromatic rings. The lowest BCUT2D eigenvalue weighted by molar-refractivity contribution is -0.141. The van der Waals surface area contributed by atoms with E-state index in [1.165, 1.54) is 6.92 Å². The largest absolute Gasteiger partial charge is 0.434 e. The number of nitrogens with zero attached hydrogens (tertiary/aromatic N) is 2. The lowest BCUT2D eigenvalue weighted by Crippen LogP contribution is -2.09. The molecular weight excluding hydrogens is 157 g/mol. The van der Waals surface area contributed by atoms with Crippen molar-refractivity contribution in [3.8, 4) is 0 Å². The molecule has 0 aliphatic heterocycles. The predicted octanol–water partition coefficient (Wildman–Crippen LogP) is 1.60. The van der Waals surface area contributed by atoms with Gasteiger partial charge in [-0.2, -0.15) is 13.2 Å². The average molecular weight is 161 g/mol. The molecule has 1 heterocycles. The van der Waals surface area contributed by atoms with Gasteiger partial charge in [0.05, 0.1) is 11.9 Å². The highest BCUT2D eigenvalue weighted by Crippen LogP contribution is 2.26. The van der Waals surface area contributed by atoms with Gasteiger partial charge in [0.15, 0.2) is 5.69 Å². The van der Waals surface area contributed by atoms with Crippen molar-refractivity contribution in [2.75, 3.05) is 0 Å². The van der Waals surface area contributed by atoms with Gasteiger partial charge < -0.3 is 0 Å². The van der Waals surface area contributed by atoms with E-state index in [2.05, 4.69) is 16.2 Å². The van der Waals surface area contributed by atoms with E-state index in [1.54, 1.807) is 0 Å². The monoisotopic (exact) mass is 161 g/mol. The van der Waals surface area contributed by atoms with E-state index in [0.29, 0.717) is 6.20 Å². The fourth-order valence-corrected chi connectivity index (χ4v) is 0.558. The van der Waals surface area contributed by atoms with Crippen molar-refractivity contribution in [2.45, 2.75) is 13.1 Å². The van der Waals surface area contributed by atoms with Crippen LogP contribution in [-0.4, -0.2) is 9.97 Å². The van der Waals surface area contributed by atoms with Crippen LogP contribution < -0.4 is 0 Å². The Hall–Kier alpha value is -1.13. The highest BCUT2D eigenvalue weighted by Gasteiger charge is 2.32. The fraction of sp³-hybridized carbons (Fsp3) is 0.333. The van der Waals surface area contributed by atoms with E-state index in [4.69, 9.17) is 0 Å². The van der Waals surface area contributed by atoms with Crippen molar-refractivity contribution in [2.24, 2.45) is 0 Å². The molecule has 1 radical (unpaired) electrons. The van der Waals surface area contributed by atoms with Gasteiger partial charge in [-0.25, -0.2) is 4.98 Å².